The van der Waals surface area contributed by atoms with E-state index in [1.165, 1.54) is 11.1 Å². The molecular formula is C19H21N. The van der Waals surface area contributed by atoms with Crippen LogP contribution in [0.2, 0.25) is 0 Å². The van der Waals surface area contributed by atoms with Crippen molar-refractivity contribution in [1.29, 1.82) is 0 Å². The van der Waals surface area contributed by atoms with Gasteiger partial charge in [-0.15, -0.1) is 0 Å². The van der Waals surface area contributed by atoms with Gasteiger partial charge in [-0.3, -0.25) is 4.90 Å². The molecule has 0 bridgehead atoms. The summed E-state index contributed by atoms with van der Waals surface area (Å²) in [7, 11) is 4.19. The number of likely N-dealkylation sites (N-methyl/N-ethyl adjacent to an activating group) is 1. The van der Waals surface area contributed by atoms with Crippen molar-refractivity contribution < 1.29 is 0 Å². The Kier molecular flexibility index (Phi) is 5.33. The van der Waals surface area contributed by atoms with Crippen molar-refractivity contribution in [3.8, 4) is 0 Å². The van der Waals surface area contributed by atoms with E-state index in [9.17, 15) is 0 Å². The predicted molar refractivity (Wildman–Crippen MR) is 88.4 cm³/mol. The maximum absolute atomic E-state index is 2.22. The Morgan fingerprint density at radius 3 is 1.45 bits per heavy atom. The number of hydrogen-bond donors (Lipinski definition) is 0. The molecule has 0 saturated carbocycles. The van der Waals surface area contributed by atoms with Crippen molar-refractivity contribution >= 4 is 12.2 Å². The number of benzene rings is 2. The van der Waals surface area contributed by atoms with Gasteiger partial charge in [0.05, 0.1) is 0 Å². The summed E-state index contributed by atoms with van der Waals surface area (Å²) in [6, 6.07) is 21.1. The zero-order valence-corrected chi connectivity index (χ0v) is 12.1. The van der Waals surface area contributed by atoms with Gasteiger partial charge in [-0.1, -0.05) is 85.0 Å². The molecule has 0 aliphatic heterocycles. The average Bonchev–Trinajstić information content (AvgIpc) is 2.49. The fourth-order valence-electron chi connectivity index (χ4n) is 1.96. The lowest BCUT2D eigenvalue weighted by Gasteiger charge is -2.17. The van der Waals surface area contributed by atoms with E-state index < -0.39 is 0 Å². The summed E-state index contributed by atoms with van der Waals surface area (Å²) in [5.41, 5.74) is 2.46. The van der Waals surface area contributed by atoms with Crippen molar-refractivity contribution in [2.75, 3.05) is 14.1 Å². The van der Waals surface area contributed by atoms with Gasteiger partial charge in [-0.2, -0.15) is 0 Å². The Labute approximate surface area is 121 Å². The topological polar surface area (TPSA) is 3.24 Å². The van der Waals surface area contributed by atoms with Crippen molar-refractivity contribution in [2.24, 2.45) is 0 Å². The Morgan fingerprint density at radius 1 is 0.700 bits per heavy atom. The first-order valence-electron chi connectivity index (χ1n) is 6.88. The molecule has 0 unspecified atom stereocenters. The largest absolute Gasteiger partial charge is 0.300 e. The van der Waals surface area contributed by atoms with Crippen LogP contribution in [0.3, 0.4) is 0 Å². The van der Waals surface area contributed by atoms with Crippen molar-refractivity contribution in [3.63, 3.8) is 0 Å². The summed E-state index contributed by atoms with van der Waals surface area (Å²) >= 11 is 0. The lowest BCUT2D eigenvalue weighted by molar-refractivity contribution is 0.393. The fraction of sp³-hybridized carbons (Fsp3) is 0.158. The van der Waals surface area contributed by atoms with Gasteiger partial charge in [0.25, 0.3) is 0 Å². The molecule has 0 amide bonds. The summed E-state index contributed by atoms with van der Waals surface area (Å²) in [5.74, 6) is 0. The van der Waals surface area contributed by atoms with Crippen LogP contribution in [-0.4, -0.2) is 25.0 Å². The summed E-state index contributed by atoms with van der Waals surface area (Å²) in [5, 5.41) is 0. The SMILES string of the molecule is CN(C)C(/C=C/c1ccccc1)/C=C/c1ccccc1. The molecule has 0 N–H and O–H groups in total. The molecule has 0 aromatic heterocycles. The summed E-state index contributed by atoms with van der Waals surface area (Å²) < 4.78 is 0. The second-order valence-corrected chi connectivity index (χ2v) is 4.99. The van der Waals surface area contributed by atoms with E-state index in [0.29, 0.717) is 0 Å². The highest BCUT2D eigenvalue weighted by Gasteiger charge is 2.02. The highest BCUT2D eigenvalue weighted by Crippen LogP contribution is 2.08. The third-order valence-electron chi connectivity index (χ3n) is 3.17. The molecule has 2 aromatic rings. The molecule has 2 rings (SSSR count). The Bertz CT molecular complexity index is 503. The van der Waals surface area contributed by atoms with Crippen LogP contribution in [0.15, 0.2) is 72.8 Å². The molecule has 0 fully saturated rings. The third kappa shape index (κ3) is 4.52. The van der Waals surface area contributed by atoms with Gasteiger partial charge >= 0.3 is 0 Å². The molecule has 1 nitrogen and oxygen atoms in total. The fourth-order valence-corrected chi connectivity index (χ4v) is 1.96. The normalized spacial score (nSPS) is 12.0. The van der Waals surface area contributed by atoms with E-state index in [0.717, 1.165) is 0 Å². The second kappa shape index (κ2) is 7.46. The van der Waals surface area contributed by atoms with Gasteiger partial charge in [0.2, 0.25) is 0 Å². The molecule has 0 aliphatic rings. The molecule has 0 atom stereocenters. The van der Waals surface area contributed by atoms with Crippen LogP contribution >= 0.6 is 0 Å². The van der Waals surface area contributed by atoms with Gasteiger partial charge < -0.3 is 0 Å². The summed E-state index contributed by atoms with van der Waals surface area (Å²) in [6.45, 7) is 0. The van der Waals surface area contributed by atoms with Crippen LogP contribution in [0.4, 0.5) is 0 Å². The van der Waals surface area contributed by atoms with Crippen LogP contribution in [0.25, 0.3) is 12.2 Å². The van der Waals surface area contributed by atoms with Crippen LogP contribution in [0.1, 0.15) is 11.1 Å². The average molecular weight is 263 g/mol. The molecule has 0 radical (unpaired) electrons. The number of rotatable bonds is 5. The van der Waals surface area contributed by atoms with E-state index in [1.54, 1.807) is 0 Å². The van der Waals surface area contributed by atoms with E-state index >= 15 is 0 Å². The maximum atomic E-state index is 2.22. The Hall–Kier alpha value is -2.12. The highest BCUT2D eigenvalue weighted by atomic mass is 15.1. The van der Waals surface area contributed by atoms with Gasteiger partial charge in [-0.25, -0.2) is 0 Å². The Balaban J connectivity index is 2.08. The third-order valence-corrected chi connectivity index (χ3v) is 3.17. The van der Waals surface area contributed by atoms with E-state index in [2.05, 4.69) is 91.8 Å². The zero-order valence-electron chi connectivity index (χ0n) is 12.1. The molecule has 2 aromatic carbocycles. The molecule has 0 spiro atoms. The predicted octanol–water partition coefficient (Wildman–Crippen LogP) is 4.34. The van der Waals surface area contributed by atoms with Gasteiger partial charge in [0.15, 0.2) is 0 Å². The molecule has 0 saturated heterocycles. The zero-order chi connectivity index (χ0) is 14.2. The van der Waals surface area contributed by atoms with Crippen LogP contribution < -0.4 is 0 Å². The minimum atomic E-state index is 0.287. The van der Waals surface area contributed by atoms with E-state index in [-0.39, 0.29) is 6.04 Å². The van der Waals surface area contributed by atoms with Crippen LogP contribution in [0, 0.1) is 0 Å². The molecule has 0 aliphatic carbocycles. The van der Waals surface area contributed by atoms with Gasteiger partial charge in [0, 0.05) is 6.04 Å². The minimum Gasteiger partial charge on any atom is -0.300 e. The molecule has 0 heterocycles. The molecular weight excluding hydrogens is 242 g/mol. The Morgan fingerprint density at radius 2 is 1.10 bits per heavy atom. The summed E-state index contributed by atoms with van der Waals surface area (Å²) in [6.07, 6.45) is 8.77. The van der Waals surface area contributed by atoms with Crippen LogP contribution in [0.5, 0.6) is 0 Å². The maximum Gasteiger partial charge on any atom is 0.0462 e. The highest BCUT2D eigenvalue weighted by molar-refractivity contribution is 5.53. The van der Waals surface area contributed by atoms with Crippen molar-refractivity contribution in [3.05, 3.63) is 83.9 Å². The minimum absolute atomic E-state index is 0.287. The van der Waals surface area contributed by atoms with Crippen molar-refractivity contribution in [2.45, 2.75) is 6.04 Å². The van der Waals surface area contributed by atoms with Crippen LogP contribution in [-0.2, 0) is 0 Å². The lowest BCUT2D eigenvalue weighted by atomic mass is 10.1. The van der Waals surface area contributed by atoms with Crippen molar-refractivity contribution in [1.82, 2.24) is 4.90 Å². The molecule has 20 heavy (non-hydrogen) atoms. The standard InChI is InChI=1S/C19H21N/c1-20(2)19(15-13-17-9-5-3-6-10-17)16-14-18-11-7-4-8-12-18/h3-16,19H,1-2H3/b15-13+,16-14+. The first-order chi connectivity index (χ1) is 9.75. The van der Waals surface area contributed by atoms with Gasteiger partial charge in [-0.05, 0) is 25.2 Å². The number of nitrogens with zero attached hydrogens (tertiary/aromatic N) is 1. The molecule has 102 valence electrons. The van der Waals surface area contributed by atoms with E-state index in [1.807, 2.05) is 12.1 Å². The second-order valence-electron chi connectivity index (χ2n) is 4.99. The van der Waals surface area contributed by atoms with E-state index in [4.69, 9.17) is 0 Å². The first-order valence-corrected chi connectivity index (χ1v) is 6.88. The summed E-state index contributed by atoms with van der Waals surface area (Å²) in [4.78, 5) is 2.19. The molecule has 1 heteroatoms. The quantitative estimate of drug-likeness (QED) is 0.775. The first kappa shape index (κ1) is 14.3. The smallest absolute Gasteiger partial charge is 0.0462 e. The monoisotopic (exact) mass is 263 g/mol. The number of hydrogen-bond acceptors (Lipinski definition) is 1. The lowest BCUT2D eigenvalue weighted by Crippen LogP contribution is -2.23. The van der Waals surface area contributed by atoms with Gasteiger partial charge in [0.1, 0.15) is 0 Å².